The first-order chi connectivity index (χ1) is 10.7. The fourth-order valence-electron chi connectivity index (χ4n) is 2.21. The van der Waals surface area contributed by atoms with Gasteiger partial charge >= 0.3 is 5.97 Å². The number of benzene rings is 1. The Morgan fingerprint density at radius 3 is 2.52 bits per heavy atom. The van der Waals surface area contributed by atoms with Gasteiger partial charge in [0.25, 0.3) is 0 Å². The minimum absolute atomic E-state index is 0.0120. The molecule has 6 heteroatoms. The molecule has 0 heterocycles. The highest BCUT2D eigenvalue weighted by Gasteiger charge is 2.32. The average Bonchev–Trinajstić information content (AvgIpc) is 2.44. The molecular weight excluding hydrogens is 318 g/mol. The number of aliphatic carboxylic acids is 1. The summed E-state index contributed by atoms with van der Waals surface area (Å²) in [6, 6.07) is 5.39. The van der Waals surface area contributed by atoms with E-state index < -0.39 is 11.5 Å². The van der Waals surface area contributed by atoms with Crippen molar-refractivity contribution in [3.05, 3.63) is 28.8 Å². The summed E-state index contributed by atoms with van der Waals surface area (Å²) in [5.74, 6) is -0.496. The number of carbonyl (C=O) groups excluding carboxylic acids is 1. The van der Waals surface area contributed by atoms with Crippen LogP contribution >= 0.6 is 11.6 Å². The maximum atomic E-state index is 12.2. The quantitative estimate of drug-likeness (QED) is 0.760. The number of aryl methyl sites for hydroxylation is 1. The van der Waals surface area contributed by atoms with Crippen LogP contribution in [0.1, 0.15) is 39.2 Å². The van der Waals surface area contributed by atoms with Gasteiger partial charge in [0, 0.05) is 12.0 Å². The zero-order valence-electron chi connectivity index (χ0n) is 14.0. The number of hydrogen-bond donors (Lipinski definition) is 2. The van der Waals surface area contributed by atoms with E-state index in [0.29, 0.717) is 17.2 Å². The highest BCUT2D eigenvalue weighted by atomic mass is 35.5. The Balaban J connectivity index is 2.65. The number of carboxylic acids is 1. The summed E-state index contributed by atoms with van der Waals surface area (Å²) in [6.45, 7) is 5.55. The summed E-state index contributed by atoms with van der Waals surface area (Å²) in [5, 5.41) is 12.4. The smallest absolute Gasteiger partial charge is 0.305 e. The Morgan fingerprint density at radius 1 is 1.39 bits per heavy atom. The van der Waals surface area contributed by atoms with Gasteiger partial charge in [-0.1, -0.05) is 31.5 Å². The van der Waals surface area contributed by atoms with Crippen LogP contribution in [-0.2, 0) is 16.0 Å². The van der Waals surface area contributed by atoms with E-state index in [2.05, 4.69) is 5.32 Å². The molecule has 0 bridgehead atoms. The highest BCUT2D eigenvalue weighted by molar-refractivity contribution is 6.32. The molecule has 0 aromatic heterocycles. The molecule has 1 atom stereocenters. The van der Waals surface area contributed by atoms with Crippen LogP contribution in [0.2, 0.25) is 5.02 Å². The zero-order chi connectivity index (χ0) is 17.6. The van der Waals surface area contributed by atoms with Gasteiger partial charge < -0.3 is 15.2 Å². The molecule has 1 rings (SSSR count). The Labute approximate surface area is 142 Å². The molecule has 5 nitrogen and oxygen atoms in total. The van der Waals surface area contributed by atoms with E-state index in [4.69, 9.17) is 21.4 Å². The van der Waals surface area contributed by atoms with Crippen molar-refractivity contribution in [2.75, 3.05) is 7.11 Å². The fraction of sp³-hybridized carbons (Fsp3) is 0.529. The zero-order valence-corrected chi connectivity index (χ0v) is 14.7. The average molecular weight is 342 g/mol. The molecule has 0 saturated carbocycles. The van der Waals surface area contributed by atoms with Gasteiger partial charge in [0.05, 0.1) is 18.6 Å². The molecule has 0 fully saturated rings. The Hall–Kier alpha value is -1.75. The molecule has 0 saturated heterocycles. The molecule has 0 radical (unpaired) electrons. The molecule has 128 valence electrons. The van der Waals surface area contributed by atoms with E-state index >= 15 is 0 Å². The lowest BCUT2D eigenvalue weighted by atomic mass is 9.85. The first-order valence-corrected chi connectivity index (χ1v) is 7.91. The van der Waals surface area contributed by atoms with E-state index in [0.717, 1.165) is 5.56 Å². The molecule has 0 spiro atoms. The van der Waals surface area contributed by atoms with Crippen LogP contribution in [0.3, 0.4) is 0 Å². The van der Waals surface area contributed by atoms with Crippen LogP contribution in [-0.4, -0.2) is 29.6 Å². The number of halogens is 1. The van der Waals surface area contributed by atoms with Gasteiger partial charge in [0.2, 0.25) is 5.91 Å². The largest absolute Gasteiger partial charge is 0.495 e. The van der Waals surface area contributed by atoms with Gasteiger partial charge in [-0.3, -0.25) is 9.59 Å². The van der Waals surface area contributed by atoms with Gasteiger partial charge in [-0.15, -0.1) is 0 Å². The second kappa shape index (κ2) is 8.20. The number of methoxy groups -OCH3 is 1. The maximum Gasteiger partial charge on any atom is 0.305 e. The maximum absolute atomic E-state index is 12.2. The summed E-state index contributed by atoms with van der Waals surface area (Å²) in [4.78, 5) is 23.2. The number of amides is 1. The lowest BCUT2D eigenvalue weighted by Crippen LogP contribution is -2.51. The van der Waals surface area contributed by atoms with Crippen LogP contribution in [0.25, 0.3) is 0 Å². The van der Waals surface area contributed by atoms with Crippen LogP contribution in [0.4, 0.5) is 0 Å². The van der Waals surface area contributed by atoms with Gasteiger partial charge in [-0.2, -0.15) is 0 Å². The molecule has 1 aromatic carbocycles. The number of nitrogens with one attached hydrogen (secondary N) is 1. The van der Waals surface area contributed by atoms with Crippen LogP contribution in [0.15, 0.2) is 18.2 Å². The first kappa shape index (κ1) is 19.3. The van der Waals surface area contributed by atoms with E-state index in [1.165, 1.54) is 0 Å². The van der Waals surface area contributed by atoms with Gasteiger partial charge in [-0.25, -0.2) is 0 Å². The number of ether oxygens (including phenoxy) is 1. The van der Waals surface area contributed by atoms with Crippen molar-refractivity contribution in [3.8, 4) is 5.75 Å². The molecule has 0 aliphatic carbocycles. The van der Waals surface area contributed by atoms with Crippen molar-refractivity contribution in [3.63, 3.8) is 0 Å². The van der Waals surface area contributed by atoms with Crippen LogP contribution in [0.5, 0.6) is 5.75 Å². The minimum atomic E-state index is -0.927. The van der Waals surface area contributed by atoms with E-state index in [1.807, 2.05) is 19.9 Å². The first-order valence-electron chi connectivity index (χ1n) is 7.53. The van der Waals surface area contributed by atoms with Gasteiger partial charge in [0.15, 0.2) is 0 Å². The normalized spacial score (nSPS) is 13.5. The molecule has 0 aliphatic heterocycles. The third kappa shape index (κ3) is 5.75. The molecule has 1 amide bonds. The monoisotopic (exact) mass is 341 g/mol. The van der Waals surface area contributed by atoms with E-state index in [1.54, 1.807) is 26.2 Å². The van der Waals surface area contributed by atoms with Crippen molar-refractivity contribution in [1.82, 2.24) is 5.32 Å². The highest BCUT2D eigenvalue weighted by Crippen LogP contribution is 2.25. The van der Waals surface area contributed by atoms with E-state index in [-0.39, 0.29) is 24.7 Å². The summed E-state index contributed by atoms with van der Waals surface area (Å²) < 4.78 is 5.09. The topological polar surface area (TPSA) is 75.6 Å². The fourth-order valence-corrected chi connectivity index (χ4v) is 2.49. The Kier molecular flexibility index (Phi) is 6.88. The number of carboxylic acid groups (broad SMARTS) is 1. The second-order valence-electron chi connectivity index (χ2n) is 6.16. The van der Waals surface area contributed by atoms with Crippen molar-refractivity contribution in [1.29, 1.82) is 0 Å². The van der Waals surface area contributed by atoms with Crippen molar-refractivity contribution in [2.45, 2.75) is 45.6 Å². The standard InChI is InChI=1S/C17H24ClNO4/c1-11(2)17(3,10-16(21)22)19-15(20)8-6-12-5-7-14(23-4)13(18)9-12/h5,7,9,11H,6,8,10H2,1-4H3,(H,19,20)(H,21,22). The predicted molar refractivity (Wildman–Crippen MR) is 90.0 cm³/mol. The van der Waals surface area contributed by atoms with Crippen LogP contribution in [0, 0.1) is 5.92 Å². The minimum Gasteiger partial charge on any atom is -0.495 e. The Morgan fingerprint density at radius 2 is 2.04 bits per heavy atom. The SMILES string of the molecule is COc1ccc(CCC(=O)NC(C)(CC(=O)O)C(C)C)cc1Cl. The molecule has 2 N–H and O–H groups in total. The molecular formula is C17H24ClNO4. The predicted octanol–water partition coefficient (Wildman–Crippen LogP) is 3.29. The molecule has 1 aromatic rings. The molecule has 1 unspecified atom stereocenters. The summed E-state index contributed by atoms with van der Waals surface area (Å²) >= 11 is 6.06. The molecule has 23 heavy (non-hydrogen) atoms. The number of rotatable bonds is 8. The molecule has 0 aliphatic rings. The third-order valence-electron chi connectivity index (χ3n) is 4.07. The van der Waals surface area contributed by atoms with Gasteiger partial charge in [0.1, 0.15) is 5.75 Å². The summed E-state index contributed by atoms with van der Waals surface area (Å²) in [6.07, 6.45) is 0.687. The summed E-state index contributed by atoms with van der Waals surface area (Å²) in [7, 11) is 1.55. The van der Waals surface area contributed by atoms with Crippen LogP contribution < -0.4 is 10.1 Å². The lowest BCUT2D eigenvalue weighted by molar-refractivity contribution is -0.139. The van der Waals surface area contributed by atoms with Crippen molar-refractivity contribution < 1.29 is 19.4 Å². The van der Waals surface area contributed by atoms with Crippen molar-refractivity contribution >= 4 is 23.5 Å². The number of carbonyl (C=O) groups is 2. The van der Waals surface area contributed by atoms with E-state index in [9.17, 15) is 9.59 Å². The Bertz CT molecular complexity index is 574. The summed E-state index contributed by atoms with van der Waals surface area (Å²) in [5.41, 5.74) is 0.163. The second-order valence-corrected chi connectivity index (χ2v) is 6.57. The third-order valence-corrected chi connectivity index (χ3v) is 4.37. The van der Waals surface area contributed by atoms with Gasteiger partial charge in [-0.05, 0) is 37.0 Å². The lowest BCUT2D eigenvalue weighted by Gasteiger charge is -2.33. The van der Waals surface area contributed by atoms with Crippen molar-refractivity contribution in [2.24, 2.45) is 5.92 Å². The number of hydrogen-bond acceptors (Lipinski definition) is 3.